The van der Waals surface area contributed by atoms with Crippen molar-refractivity contribution in [3.8, 4) is 11.1 Å². The molecule has 5 heteroatoms. The van der Waals surface area contributed by atoms with Gasteiger partial charge in [-0.05, 0) is 42.3 Å². The summed E-state index contributed by atoms with van der Waals surface area (Å²) in [4.78, 5) is 17.5. The fraction of sp³-hybridized carbons (Fsp3) is 0.0500. The van der Waals surface area contributed by atoms with Crippen molar-refractivity contribution in [3.63, 3.8) is 0 Å². The van der Waals surface area contributed by atoms with Crippen molar-refractivity contribution >= 4 is 17.3 Å². The molecule has 4 nitrogen and oxygen atoms in total. The molecule has 2 aromatic carbocycles. The molecule has 0 amide bonds. The number of fused-ring (bicyclic) bond motifs is 1. The van der Waals surface area contributed by atoms with Crippen molar-refractivity contribution in [1.29, 1.82) is 0 Å². The van der Waals surface area contributed by atoms with Crippen LogP contribution in [0.1, 0.15) is 5.56 Å². The van der Waals surface area contributed by atoms with Crippen LogP contribution in [0, 0.1) is 6.92 Å². The van der Waals surface area contributed by atoms with Crippen molar-refractivity contribution in [2.24, 2.45) is 0 Å². The van der Waals surface area contributed by atoms with Gasteiger partial charge in [0.25, 0.3) is 5.56 Å². The summed E-state index contributed by atoms with van der Waals surface area (Å²) in [6.45, 7) is 1.99. The Morgan fingerprint density at radius 2 is 1.68 bits per heavy atom. The van der Waals surface area contributed by atoms with Crippen LogP contribution in [0.15, 0.2) is 87.8 Å². The lowest BCUT2D eigenvalue weighted by atomic mass is 10.0. The second-order valence-electron chi connectivity index (χ2n) is 5.66. The minimum atomic E-state index is -0.237. The molecule has 0 aliphatic rings. The summed E-state index contributed by atoms with van der Waals surface area (Å²) in [6.07, 6.45) is 1.48. The van der Waals surface area contributed by atoms with Crippen molar-refractivity contribution in [1.82, 2.24) is 14.6 Å². The van der Waals surface area contributed by atoms with Gasteiger partial charge in [0.1, 0.15) is 11.4 Å². The molecule has 0 aliphatic heterocycles. The first kappa shape index (κ1) is 15.6. The van der Waals surface area contributed by atoms with E-state index in [4.69, 9.17) is 0 Å². The fourth-order valence-corrected chi connectivity index (χ4v) is 3.56. The summed E-state index contributed by atoms with van der Waals surface area (Å²) in [5, 5.41) is 5.45. The van der Waals surface area contributed by atoms with Crippen molar-refractivity contribution in [2.75, 3.05) is 0 Å². The molecule has 0 fully saturated rings. The standard InChI is InChI=1S/C20H15N3OS/c1-14-7-5-6-10-16(14)19-17-11-12-18(22-23(17)13-21-20(19)24)25-15-8-3-2-4-9-15/h2-13H,1H3. The predicted molar refractivity (Wildman–Crippen MR) is 100.0 cm³/mol. The summed E-state index contributed by atoms with van der Waals surface area (Å²) in [5.41, 5.74) is 3.04. The third kappa shape index (κ3) is 3.06. The van der Waals surface area contributed by atoms with Gasteiger partial charge >= 0.3 is 0 Å². The summed E-state index contributed by atoms with van der Waals surface area (Å²) in [5.74, 6) is 0. The van der Waals surface area contributed by atoms with Crippen molar-refractivity contribution in [3.05, 3.63) is 89.0 Å². The lowest BCUT2D eigenvalue weighted by Crippen LogP contribution is -2.14. The highest BCUT2D eigenvalue weighted by atomic mass is 32.2. The molecule has 0 bridgehead atoms. The Bertz CT molecular complexity index is 1110. The highest BCUT2D eigenvalue weighted by Gasteiger charge is 2.12. The van der Waals surface area contributed by atoms with Gasteiger partial charge in [-0.3, -0.25) is 4.79 Å². The first-order chi connectivity index (χ1) is 12.2. The highest BCUT2D eigenvalue weighted by Crippen LogP contribution is 2.28. The molecule has 0 N–H and O–H groups in total. The van der Waals surface area contributed by atoms with Crippen LogP contribution in [-0.4, -0.2) is 14.6 Å². The first-order valence-electron chi connectivity index (χ1n) is 7.90. The van der Waals surface area contributed by atoms with Gasteiger partial charge in [0.2, 0.25) is 0 Å². The first-order valence-corrected chi connectivity index (χ1v) is 8.71. The number of hydrogen-bond acceptors (Lipinski definition) is 4. The van der Waals surface area contributed by atoms with Crippen LogP contribution in [0.4, 0.5) is 0 Å². The molecule has 122 valence electrons. The van der Waals surface area contributed by atoms with E-state index in [1.54, 1.807) is 16.3 Å². The quantitative estimate of drug-likeness (QED) is 0.558. The predicted octanol–water partition coefficient (Wildman–Crippen LogP) is 4.22. The van der Waals surface area contributed by atoms with Crippen molar-refractivity contribution in [2.45, 2.75) is 16.8 Å². The monoisotopic (exact) mass is 345 g/mol. The van der Waals surface area contributed by atoms with Gasteiger partial charge in [0.15, 0.2) is 0 Å². The molecular formula is C20H15N3OS. The molecule has 2 heterocycles. The molecular weight excluding hydrogens is 330 g/mol. The largest absolute Gasteiger partial charge is 0.281 e. The van der Waals surface area contributed by atoms with Crippen LogP contribution in [0.5, 0.6) is 0 Å². The molecule has 25 heavy (non-hydrogen) atoms. The zero-order valence-electron chi connectivity index (χ0n) is 13.6. The number of rotatable bonds is 3. The van der Waals surface area contributed by atoms with Crippen LogP contribution in [-0.2, 0) is 0 Å². The Hall–Kier alpha value is -2.92. The molecule has 4 rings (SSSR count). The zero-order valence-corrected chi connectivity index (χ0v) is 14.4. The number of nitrogens with zero attached hydrogens (tertiary/aromatic N) is 3. The fourth-order valence-electron chi connectivity index (χ4n) is 2.76. The molecule has 0 saturated carbocycles. The van der Waals surface area contributed by atoms with E-state index in [0.29, 0.717) is 5.56 Å². The molecule has 0 unspecified atom stereocenters. The topological polar surface area (TPSA) is 47.3 Å². The van der Waals surface area contributed by atoms with E-state index in [1.807, 2.05) is 73.7 Å². The normalized spacial score (nSPS) is 10.9. The van der Waals surface area contributed by atoms with Crippen molar-refractivity contribution < 1.29 is 0 Å². The van der Waals surface area contributed by atoms with Gasteiger partial charge in [-0.15, -0.1) is 0 Å². The SMILES string of the molecule is Cc1ccccc1-c1c(=O)ncn2nc(Sc3ccccc3)ccc12. The molecule has 0 saturated heterocycles. The molecule has 0 spiro atoms. The lowest BCUT2D eigenvalue weighted by molar-refractivity contribution is 0.824. The summed E-state index contributed by atoms with van der Waals surface area (Å²) >= 11 is 1.57. The van der Waals surface area contributed by atoms with E-state index < -0.39 is 0 Å². The van der Waals surface area contributed by atoms with Crippen LogP contribution in [0.25, 0.3) is 16.6 Å². The second-order valence-corrected chi connectivity index (χ2v) is 6.75. The van der Waals surface area contributed by atoms with Gasteiger partial charge < -0.3 is 0 Å². The maximum absolute atomic E-state index is 12.4. The minimum absolute atomic E-state index is 0.237. The Kier molecular flexibility index (Phi) is 4.07. The molecule has 0 radical (unpaired) electrons. The molecule has 2 aromatic heterocycles. The molecule has 0 atom stereocenters. The van der Waals surface area contributed by atoms with E-state index in [-0.39, 0.29) is 5.56 Å². The molecule has 0 aliphatic carbocycles. The maximum Gasteiger partial charge on any atom is 0.281 e. The third-order valence-corrected chi connectivity index (χ3v) is 4.91. The number of aryl methyl sites for hydroxylation is 1. The van der Waals surface area contributed by atoms with Gasteiger partial charge in [0.05, 0.1) is 11.1 Å². The van der Waals surface area contributed by atoms with Gasteiger partial charge in [0, 0.05) is 4.90 Å². The van der Waals surface area contributed by atoms with Gasteiger partial charge in [-0.25, -0.2) is 4.52 Å². The smallest absolute Gasteiger partial charge is 0.267 e. The van der Waals surface area contributed by atoms with E-state index in [9.17, 15) is 4.79 Å². The summed E-state index contributed by atoms with van der Waals surface area (Å²) < 4.78 is 1.68. The van der Waals surface area contributed by atoms with Crippen LogP contribution >= 0.6 is 11.8 Å². The number of hydrogen-bond donors (Lipinski definition) is 0. The zero-order chi connectivity index (χ0) is 17.2. The van der Waals surface area contributed by atoms with E-state index >= 15 is 0 Å². The number of benzene rings is 2. The van der Waals surface area contributed by atoms with Crippen LogP contribution < -0.4 is 5.56 Å². The maximum atomic E-state index is 12.4. The van der Waals surface area contributed by atoms with Crippen LogP contribution in [0.3, 0.4) is 0 Å². The minimum Gasteiger partial charge on any atom is -0.267 e. The Morgan fingerprint density at radius 3 is 2.48 bits per heavy atom. The molecule has 4 aromatic rings. The van der Waals surface area contributed by atoms with Crippen LogP contribution in [0.2, 0.25) is 0 Å². The number of aromatic nitrogens is 3. The Morgan fingerprint density at radius 1 is 0.920 bits per heavy atom. The Labute approximate surface area is 149 Å². The highest BCUT2D eigenvalue weighted by molar-refractivity contribution is 7.99. The average molecular weight is 345 g/mol. The third-order valence-electron chi connectivity index (χ3n) is 3.97. The average Bonchev–Trinajstić information content (AvgIpc) is 2.64. The van der Waals surface area contributed by atoms with Gasteiger partial charge in [-0.1, -0.05) is 54.2 Å². The van der Waals surface area contributed by atoms with Gasteiger partial charge in [-0.2, -0.15) is 10.1 Å². The van der Waals surface area contributed by atoms with E-state index in [2.05, 4.69) is 10.1 Å². The summed E-state index contributed by atoms with van der Waals surface area (Å²) in [7, 11) is 0. The lowest BCUT2D eigenvalue weighted by Gasteiger charge is -2.10. The summed E-state index contributed by atoms with van der Waals surface area (Å²) in [6, 6.07) is 21.8. The Balaban J connectivity index is 1.84. The van der Waals surface area contributed by atoms with E-state index in [0.717, 1.165) is 26.6 Å². The second kappa shape index (κ2) is 6.53. The van der Waals surface area contributed by atoms with E-state index in [1.165, 1.54) is 6.33 Å².